The SMILES string of the molecule is O=C(O)C(OCCCO)c1ccc(Br)c(Br)c1. The fourth-order valence-corrected chi connectivity index (χ4v) is 1.89. The molecule has 0 radical (unpaired) electrons. The van der Waals surface area contributed by atoms with E-state index in [0.29, 0.717) is 12.0 Å². The van der Waals surface area contributed by atoms with Gasteiger partial charge in [-0.25, -0.2) is 4.79 Å². The predicted molar refractivity (Wildman–Crippen MR) is 69.9 cm³/mol. The van der Waals surface area contributed by atoms with Gasteiger partial charge in [0.2, 0.25) is 0 Å². The molecule has 0 spiro atoms. The van der Waals surface area contributed by atoms with Crippen molar-refractivity contribution in [3.63, 3.8) is 0 Å². The molecule has 0 heterocycles. The number of halogens is 2. The van der Waals surface area contributed by atoms with Gasteiger partial charge < -0.3 is 14.9 Å². The van der Waals surface area contributed by atoms with Crippen LogP contribution in [0.5, 0.6) is 0 Å². The summed E-state index contributed by atoms with van der Waals surface area (Å²) >= 11 is 6.62. The van der Waals surface area contributed by atoms with E-state index in [1.165, 1.54) is 0 Å². The number of benzene rings is 1. The highest BCUT2D eigenvalue weighted by Gasteiger charge is 2.20. The molecule has 1 unspecified atom stereocenters. The molecule has 2 N–H and O–H groups in total. The lowest BCUT2D eigenvalue weighted by Gasteiger charge is -2.14. The van der Waals surface area contributed by atoms with Gasteiger partial charge >= 0.3 is 5.97 Å². The first-order chi connectivity index (χ1) is 8.06. The molecule has 0 aliphatic rings. The molecule has 0 fully saturated rings. The lowest BCUT2D eigenvalue weighted by atomic mass is 10.1. The van der Waals surface area contributed by atoms with Crippen LogP contribution in [0, 0.1) is 0 Å². The molecule has 0 saturated carbocycles. The maximum Gasteiger partial charge on any atom is 0.337 e. The Kier molecular flexibility index (Phi) is 6.11. The lowest BCUT2D eigenvalue weighted by molar-refractivity contribution is -0.151. The Balaban J connectivity index is 2.82. The largest absolute Gasteiger partial charge is 0.479 e. The second-order valence-corrected chi connectivity index (χ2v) is 5.05. The van der Waals surface area contributed by atoms with Crippen LogP contribution in [0.15, 0.2) is 27.1 Å². The summed E-state index contributed by atoms with van der Waals surface area (Å²) in [6, 6.07) is 5.14. The van der Waals surface area contributed by atoms with Gasteiger partial charge in [0.1, 0.15) is 0 Å². The Morgan fingerprint density at radius 3 is 2.59 bits per heavy atom. The normalized spacial score (nSPS) is 12.4. The van der Waals surface area contributed by atoms with Crippen LogP contribution in [0.3, 0.4) is 0 Å². The maximum atomic E-state index is 11.1. The van der Waals surface area contributed by atoms with E-state index in [9.17, 15) is 4.79 Å². The molecule has 94 valence electrons. The minimum absolute atomic E-state index is 0.0175. The Bertz CT molecular complexity index is 395. The highest BCUT2D eigenvalue weighted by molar-refractivity contribution is 9.13. The van der Waals surface area contributed by atoms with Gasteiger partial charge in [-0.05, 0) is 56.0 Å². The van der Waals surface area contributed by atoms with Crippen LogP contribution in [0.1, 0.15) is 18.1 Å². The first-order valence-electron chi connectivity index (χ1n) is 4.96. The first-order valence-corrected chi connectivity index (χ1v) is 6.55. The van der Waals surface area contributed by atoms with Crippen LogP contribution in [0.4, 0.5) is 0 Å². The molecule has 1 atom stereocenters. The van der Waals surface area contributed by atoms with E-state index < -0.39 is 12.1 Å². The highest BCUT2D eigenvalue weighted by atomic mass is 79.9. The third kappa shape index (κ3) is 4.39. The first kappa shape index (κ1) is 14.6. The zero-order chi connectivity index (χ0) is 12.8. The van der Waals surface area contributed by atoms with Crippen molar-refractivity contribution >= 4 is 37.8 Å². The van der Waals surface area contributed by atoms with Gasteiger partial charge in [-0.3, -0.25) is 0 Å². The summed E-state index contributed by atoms with van der Waals surface area (Å²) in [5, 5.41) is 17.7. The second-order valence-electron chi connectivity index (χ2n) is 3.34. The topological polar surface area (TPSA) is 66.8 Å². The fraction of sp³-hybridized carbons (Fsp3) is 0.364. The van der Waals surface area contributed by atoms with E-state index in [2.05, 4.69) is 31.9 Å². The third-order valence-electron chi connectivity index (χ3n) is 2.06. The Morgan fingerprint density at radius 1 is 1.35 bits per heavy atom. The van der Waals surface area contributed by atoms with Crippen LogP contribution < -0.4 is 0 Å². The van der Waals surface area contributed by atoms with E-state index in [-0.39, 0.29) is 13.2 Å². The van der Waals surface area contributed by atoms with Crippen molar-refractivity contribution in [2.45, 2.75) is 12.5 Å². The molecule has 0 aliphatic heterocycles. The summed E-state index contributed by atoms with van der Waals surface area (Å²) in [4.78, 5) is 11.1. The summed E-state index contributed by atoms with van der Waals surface area (Å²) in [6.07, 6.45) is -0.590. The zero-order valence-corrected chi connectivity index (χ0v) is 12.1. The number of aliphatic carboxylic acids is 1. The second kappa shape index (κ2) is 7.10. The monoisotopic (exact) mass is 366 g/mol. The molecule has 0 amide bonds. The number of aliphatic hydroxyl groups excluding tert-OH is 1. The molecule has 0 bridgehead atoms. The number of hydrogen-bond acceptors (Lipinski definition) is 3. The summed E-state index contributed by atoms with van der Waals surface area (Å²) in [7, 11) is 0. The number of carboxylic acids is 1. The van der Waals surface area contributed by atoms with Crippen molar-refractivity contribution in [2.24, 2.45) is 0 Å². The Hall–Kier alpha value is -0.430. The summed E-state index contributed by atoms with van der Waals surface area (Å²) < 4.78 is 6.85. The molecule has 17 heavy (non-hydrogen) atoms. The van der Waals surface area contributed by atoms with Crippen LogP contribution in [-0.4, -0.2) is 29.4 Å². The number of aliphatic hydroxyl groups is 1. The van der Waals surface area contributed by atoms with E-state index >= 15 is 0 Å². The zero-order valence-electron chi connectivity index (χ0n) is 8.90. The van der Waals surface area contributed by atoms with Gasteiger partial charge in [-0.15, -0.1) is 0 Å². The van der Waals surface area contributed by atoms with Crippen molar-refractivity contribution in [3.05, 3.63) is 32.7 Å². The van der Waals surface area contributed by atoms with Crippen molar-refractivity contribution in [1.29, 1.82) is 0 Å². The van der Waals surface area contributed by atoms with Crippen LogP contribution >= 0.6 is 31.9 Å². The molecule has 0 aliphatic carbocycles. The summed E-state index contributed by atoms with van der Waals surface area (Å²) in [5.74, 6) is -1.04. The number of rotatable bonds is 6. The van der Waals surface area contributed by atoms with Crippen molar-refractivity contribution in [2.75, 3.05) is 13.2 Å². The minimum atomic E-state index is -1.04. The van der Waals surface area contributed by atoms with E-state index in [4.69, 9.17) is 14.9 Å². The quantitative estimate of drug-likeness (QED) is 0.758. The number of ether oxygens (including phenoxy) is 1. The van der Waals surface area contributed by atoms with Gasteiger partial charge in [-0.2, -0.15) is 0 Å². The summed E-state index contributed by atoms with van der Waals surface area (Å²) in [5.41, 5.74) is 0.561. The van der Waals surface area contributed by atoms with E-state index in [1.54, 1.807) is 18.2 Å². The number of carboxylic acid groups (broad SMARTS) is 1. The van der Waals surface area contributed by atoms with Crippen LogP contribution in [-0.2, 0) is 9.53 Å². The molecule has 1 aromatic carbocycles. The van der Waals surface area contributed by atoms with Crippen LogP contribution in [0.2, 0.25) is 0 Å². The molecule has 1 aromatic rings. The van der Waals surface area contributed by atoms with Gasteiger partial charge in [0.05, 0.1) is 6.61 Å². The number of hydrogen-bond donors (Lipinski definition) is 2. The van der Waals surface area contributed by atoms with Crippen molar-refractivity contribution < 1.29 is 19.7 Å². The smallest absolute Gasteiger partial charge is 0.337 e. The van der Waals surface area contributed by atoms with E-state index in [1.807, 2.05) is 0 Å². The minimum Gasteiger partial charge on any atom is -0.479 e. The van der Waals surface area contributed by atoms with Crippen LogP contribution in [0.25, 0.3) is 0 Å². The van der Waals surface area contributed by atoms with Crippen molar-refractivity contribution in [1.82, 2.24) is 0 Å². The van der Waals surface area contributed by atoms with Gasteiger partial charge in [-0.1, -0.05) is 6.07 Å². The Morgan fingerprint density at radius 2 is 2.06 bits per heavy atom. The molecule has 0 aromatic heterocycles. The van der Waals surface area contributed by atoms with Gasteiger partial charge in [0.15, 0.2) is 6.10 Å². The number of carbonyl (C=O) groups is 1. The fourth-order valence-electron chi connectivity index (χ4n) is 1.25. The molecule has 1 rings (SSSR count). The Labute approximate surface area is 116 Å². The van der Waals surface area contributed by atoms with E-state index in [0.717, 1.165) is 8.95 Å². The molecule has 4 nitrogen and oxygen atoms in total. The highest BCUT2D eigenvalue weighted by Crippen LogP contribution is 2.28. The van der Waals surface area contributed by atoms with Gasteiger partial charge in [0, 0.05) is 15.6 Å². The molecular weight excluding hydrogens is 356 g/mol. The predicted octanol–water partition coefficient (Wildman–Crippen LogP) is 2.74. The standard InChI is InChI=1S/C11H12Br2O4/c12-8-3-2-7(6-9(8)13)10(11(15)16)17-5-1-4-14/h2-3,6,10,14H,1,4-5H2,(H,15,16). The van der Waals surface area contributed by atoms with Gasteiger partial charge in [0.25, 0.3) is 0 Å². The third-order valence-corrected chi connectivity index (χ3v) is 3.94. The maximum absolute atomic E-state index is 11.1. The average Bonchev–Trinajstić information content (AvgIpc) is 2.28. The van der Waals surface area contributed by atoms with Crippen molar-refractivity contribution in [3.8, 4) is 0 Å². The molecule has 6 heteroatoms. The average molecular weight is 368 g/mol. The summed E-state index contributed by atoms with van der Waals surface area (Å²) in [6.45, 7) is 0.192. The lowest BCUT2D eigenvalue weighted by Crippen LogP contribution is -2.16. The molecular formula is C11H12Br2O4. The molecule has 0 saturated heterocycles.